The number of hydrogen-bond donors (Lipinski definition) is 2. The lowest BCUT2D eigenvalue weighted by atomic mass is 10.2. The second-order valence-corrected chi connectivity index (χ2v) is 7.84. The van der Waals surface area contributed by atoms with Gasteiger partial charge in [-0.05, 0) is 73.5 Å². The average Bonchev–Trinajstić information content (AvgIpc) is 2.73. The number of carboxylic acids is 1. The Morgan fingerprint density at radius 3 is 2.06 bits per heavy atom. The number of aliphatic carboxylic acids is 1. The lowest BCUT2D eigenvalue weighted by Gasteiger charge is -2.12. The molecule has 3 rings (SSSR count). The maximum Gasteiger partial charge on any atom is 0.341 e. The predicted octanol–water partition coefficient (Wildman–Crippen LogP) is 4.33. The summed E-state index contributed by atoms with van der Waals surface area (Å²) in [6.07, 6.45) is 1.61. The Morgan fingerprint density at radius 2 is 1.55 bits per heavy atom. The summed E-state index contributed by atoms with van der Waals surface area (Å²) < 4.78 is 10.9. The van der Waals surface area contributed by atoms with Gasteiger partial charge in [-0.1, -0.05) is 17.8 Å². The van der Waals surface area contributed by atoms with Crippen LogP contribution in [0.4, 0.5) is 5.82 Å². The summed E-state index contributed by atoms with van der Waals surface area (Å²) in [4.78, 5) is 28.7. The van der Waals surface area contributed by atoms with Crippen LogP contribution in [-0.2, 0) is 9.59 Å². The molecule has 1 heterocycles. The zero-order valence-corrected chi connectivity index (χ0v) is 17.9. The van der Waals surface area contributed by atoms with Crippen LogP contribution in [0.3, 0.4) is 0 Å². The van der Waals surface area contributed by atoms with Gasteiger partial charge in [0.1, 0.15) is 17.3 Å². The molecule has 0 radical (unpaired) electrons. The van der Waals surface area contributed by atoms with Crippen molar-refractivity contribution in [3.05, 3.63) is 71.9 Å². The number of rotatable bonds is 9. The Morgan fingerprint density at radius 1 is 0.935 bits per heavy atom. The number of ether oxygens (including phenoxy) is 2. The van der Waals surface area contributed by atoms with Crippen molar-refractivity contribution in [1.29, 1.82) is 0 Å². The number of carbonyl (C=O) groups excluding carboxylic acids is 1. The third-order valence-corrected chi connectivity index (χ3v) is 5.15. The van der Waals surface area contributed by atoms with Gasteiger partial charge in [0.2, 0.25) is 0 Å². The number of nitrogens with zero attached hydrogens (tertiary/aromatic N) is 1. The maximum atomic E-state index is 12.0. The van der Waals surface area contributed by atoms with Crippen molar-refractivity contribution in [3.8, 4) is 11.5 Å². The lowest BCUT2D eigenvalue weighted by Crippen LogP contribution is -2.20. The molecule has 3 aromatic rings. The van der Waals surface area contributed by atoms with Crippen molar-refractivity contribution in [2.75, 3.05) is 18.5 Å². The first-order valence-corrected chi connectivity index (χ1v) is 10.3. The first-order chi connectivity index (χ1) is 14.9. The van der Waals surface area contributed by atoms with Crippen molar-refractivity contribution in [2.24, 2.45) is 0 Å². The number of nitrogens with one attached hydrogen (secondary N) is 1. The van der Waals surface area contributed by atoms with E-state index < -0.39 is 5.97 Å². The highest BCUT2D eigenvalue weighted by atomic mass is 32.2. The Labute approximate surface area is 184 Å². The first kappa shape index (κ1) is 22.2. The molecule has 0 saturated heterocycles. The van der Waals surface area contributed by atoms with E-state index in [0.29, 0.717) is 17.3 Å². The normalized spacial score (nSPS) is 10.4. The zero-order chi connectivity index (χ0) is 22.2. The third-order valence-electron chi connectivity index (χ3n) is 4.17. The van der Waals surface area contributed by atoms with Gasteiger partial charge < -0.3 is 19.9 Å². The highest BCUT2D eigenvalue weighted by Gasteiger charge is 2.09. The molecule has 0 fully saturated rings. The van der Waals surface area contributed by atoms with Crippen LogP contribution in [0, 0.1) is 13.8 Å². The number of aryl methyl sites for hydroxylation is 2. The smallest absolute Gasteiger partial charge is 0.341 e. The van der Waals surface area contributed by atoms with Crippen molar-refractivity contribution in [1.82, 2.24) is 4.98 Å². The molecule has 0 aliphatic rings. The van der Waals surface area contributed by atoms with E-state index in [1.54, 1.807) is 42.2 Å². The summed E-state index contributed by atoms with van der Waals surface area (Å²) in [6.45, 7) is 3.32. The minimum absolute atomic E-state index is 0.110. The molecule has 0 aliphatic heterocycles. The van der Waals surface area contributed by atoms with Gasteiger partial charge in [0, 0.05) is 16.0 Å². The van der Waals surface area contributed by atoms with Gasteiger partial charge in [-0.25, -0.2) is 9.78 Å². The van der Waals surface area contributed by atoms with Crippen molar-refractivity contribution in [2.45, 2.75) is 23.6 Å². The number of amides is 1. The molecule has 2 aromatic carbocycles. The van der Waals surface area contributed by atoms with Crippen LogP contribution in [0.5, 0.6) is 11.5 Å². The highest BCUT2D eigenvalue weighted by molar-refractivity contribution is 7.99. The van der Waals surface area contributed by atoms with Gasteiger partial charge in [0.25, 0.3) is 5.91 Å². The highest BCUT2D eigenvalue weighted by Crippen LogP contribution is 2.33. The van der Waals surface area contributed by atoms with Crippen LogP contribution in [0.2, 0.25) is 0 Å². The molecule has 0 spiro atoms. The molecule has 0 saturated carbocycles. The molecule has 0 unspecified atom stereocenters. The lowest BCUT2D eigenvalue weighted by molar-refractivity contribution is -0.139. The predicted molar refractivity (Wildman–Crippen MR) is 118 cm³/mol. The number of benzene rings is 2. The van der Waals surface area contributed by atoms with Gasteiger partial charge in [-0.2, -0.15) is 0 Å². The molecule has 0 bridgehead atoms. The van der Waals surface area contributed by atoms with E-state index in [1.165, 1.54) is 0 Å². The van der Waals surface area contributed by atoms with E-state index in [9.17, 15) is 9.59 Å². The van der Waals surface area contributed by atoms with Crippen LogP contribution in [0.15, 0.2) is 70.6 Å². The average molecular weight is 439 g/mol. The molecular weight excluding hydrogens is 416 g/mol. The molecule has 160 valence electrons. The van der Waals surface area contributed by atoms with Crippen molar-refractivity contribution >= 4 is 29.5 Å². The Bertz CT molecular complexity index is 1070. The molecule has 0 atom stereocenters. The number of carboxylic acid groups (broad SMARTS) is 1. The first-order valence-electron chi connectivity index (χ1n) is 9.48. The summed E-state index contributed by atoms with van der Waals surface area (Å²) in [5, 5.41) is 11.4. The summed E-state index contributed by atoms with van der Waals surface area (Å²) in [5.41, 5.74) is 1.77. The number of aromatic nitrogens is 1. The zero-order valence-electron chi connectivity index (χ0n) is 17.1. The quantitative estimate of drug-likeness (QED) is 0.513. The second kappa shape index (κ2) is 10.5. The molecule has 8 heteroatoms. The van der Waals surface area contributed by atoms with E-state index >= 15 is 0 Å². The summed E-state index contributed by atoms with van der Waals surface area (Å²) >= 11 is 1.57. The Balaban J connectivity index is 1.57. The monoisotopic (exact) mass is 438 g/mol. The third kappa shape index (κ3) is 6.75. The minimum Gasteiger partial charge on any atom is -0.483 e. The molecular formula is C23H22N2O5S. The standard InChI is InChI=1S/C23H22N2O5S/c1-15-11-17(31-18-7-9-20(16(2)12-18)30-14-23(27)28)6-8-19(15)29-13-22(26)25-21-5-3-4-10-24-21/h3-12H,13-14H2,1-2H3,(H,27,28)(H,24,25,26). The van der Waals surface area contributed by atoms with Gasteiger partial charge in [0.15, 0.2) is 13.2 Å². The van der Waals surface area contributed by atoms with Gasteiger partial charge >= 0.3 is 5.97 Å². The molecule has 31 heavy (non-hydrogen) atoms. The van der Waals surface area contributed by atoms with Crippen LogP contribution < -0.4 is 14.8 Å². The Hall–Kier alpha value is -3.52. The molecule has 1 aromatic heterocycles. The van der Waals surface area contributed by atoms with E-state index in [1.807, 2.05) is 44.2 Å². The summed E-state index contributed by atoms with van der Waals surface area (Å²) in [5.74, 6) is 0.376. The molecule has 0 aliphatic carbocycles. The topological polar surface area (TPSA) is 97.8 Å². The number of pyridine rings is 1. The van der Waals surface area contributed by atoms with E-state index in [4.69, 9.17) is 14.6 Å². The molecule has 2 N–H and O–H groups in total. The van der Waals surface area contributed by atoms with Crippen LogP contribution >= 0.6 is 11.8 Å². The van der Waals surface area contributed by atoms with Crippen LogP contribution in [0.1, 0.15) is 11.1 Å². The van der Waals surface area contributed by atoms with E-state index in [0.717, 1.165) is 20.9 Å². The molecule has 7 nitrogen and oxygen atoms in total. The van der Waals surface area contributed by atoms with Crippen LogP contribution in [0.25, 0.3) is 0 Å². The Kier molecular flexibility index (Phi) is 7.50. The van der Waals surface area contributed by atoms with Crippen molar-refractivity contribution < 1.29 is 24.2 Å². The second-order valence-electron chi connectivity index (χ2n) is 6.69. The number of carbonyl (C=O) groups is 2. The van der Waals surface area contributed by atoms with Gasteiger partial charge in [-0.3, -0.25) is 4.79 Å². The van der Waals surface area contributed by atoms with Gasteiger partial charge in [-0.15, -0.1) is 0 Å². The van der Waals surface area contributed by atoms with Crippen LogP contribution in [-0.4, -0.2) is 35.2 Å². The van der Waals surface area contributed by atoms with E-state index in [2.05, 4.69) is 10.3 Å². The van der Waals surface area contributed by atoms with Crippen molar-refractivity contribution in [3.63, 3.8) is 0 Å². The maximum absolute atomic E-state index is 12.0. The number of anilines is 1. The van der Waals surface area contributed by atoms with Gasteiger partial charge in [0.05, 0.1) is 0 Å². The van der Waals surface area contributed by atoms with E-state index in [-0.39, 0.29) is 19.1 Å². The molecule has 1 amide bonds. The summed E-state index contributed by atoms with van der Waals surface area (Å²) in [7, 11) is 0. The fourth-order valence-corrected chi connectivity index (χ4v) is 3.74. The summed E-state index contributed by atoms with van der Waals surface area (Å²) in [6, 6.07) is 16.6. The number of hydrogen-bond acceptors (Lipinski definition) is 6. The SMILES string of the molecule is Cc1cc(Sc2ccc(OCC(=O)Nc3ccccn3)c(C)c2)ccc1OCC(=O)O. The fraction of sp³-hybridized carbons (Fsp3) is 0.174. The fourth-order valence-electron chi connectivity index (χ4n) is 2.73. The minimum atomic E-state index is -1.01. The largest absolute Gasteiger partial charge is 0.483 e.